The Kier molecular flexibility index (Phi) is 7.69. The topological polar surface area (TPSA) is 61.4 Å². The summed E-state index contributed by atoms with van der Waals surface area (Å²) in [5.74, 6) is -0.0855. The summed E-state index contributed by atoms with van der Waals surface area (Å²) in [5.41, 5.74) is 4.73. The molecule has 0 unspecified atom stereocenters. The fraction of sp³-hybridized carbons (Fsp3) is 0.222. The zero-order chi connectivity index (χ0) is 24.0. The van der Waals surface area contributed by atoms with Gasteiger partial charge in [-0.3, -0.25) is 0 Å². The van der Waals surface area contributed by atoms with Crippen molar-refractivity contribution in [2.24, 2.45) is 0 Å². The minimum atomic E-state index is -0.260. The number of amides is 1. The van der Waals surface area contributed by atoms with E-state index in [-0.39, 0.29) is 21.7 Å². The van der Waals surface area contributed by atoms with Gasteiger partial charge in [-0.25, -0.2) is 0 Å². The number of likely N-dealkylation sites (N-methyl/N-ethyl adjacent to an activating group) is 1. The summed E-state index contributed by atoms with van der Waals surface area (Å²) in [7, 11) is 2.17. The Morgan fingerprint density at radius 2 is 1.89 bits per heavy atom. The summed E-state index contributed by atoms with van der Waals surface area (Å²) >= 11 is 1.42. The van der Waals surface area contributed by atoms with E-state index < -0.39 is 0 Å². The summed E-state index contributed by atoms with van der Waals surface area (Å²) < 4.78 is 2.33. The number of hydrogen-bond acceptors (Lipinski definition) is 6. The third kappa shape index (κ3) is 6.44. The van der Waals surface area contributed by atoms with Gasteiger partial charge in [0.1, 0.15) is 0 Å². The van der Waals surface area contributed by atoms with Crippen LogP contribution in [-0.2, 0) is 6.54 Å². The van der Waals surface area contributed by atoms with Gasteiger partial charge in [0.15, 0.2) is 0 Å². The Hall–Kier alpha value is -2.83. The number of hydrogen-bond donors (Lipinski definition) is 1. The Morgan fingerprint density at radius 1 is 1.06 bits per heavy atom. The number of aromatic nitrogens is 2. The molecular formula is C27H27AsN5OS. The van der Waals surface area contributed by atoms with E-state index in [1.165, 1.54) is 9.91 Å². The first-order valence-corrected chi connectivity index (χ1v) is 14.4. The van der Waals surface area contributed by atoms with Gasteiger partial charge in [-0.15, -0.1) is 0 Å². The van der Waals surface area contributed by atoms with Crippen LogP contribution in [-0.4, -0.2) is 74.7 Å². The van der Waals surface area contributed by atoms with Gasteiger partial charge >= 0.3 is 192 Å². The normalized spacial score (nSPS) is 15.0. The number of pyridine rings is 1. The van der Waals surface area contributed by atoms with E-state index in [2.05, 4.69) is 56.8 Å². The number of nitrogens with zero attached hydrogens (tertiary/aromatic N) is 4. The van der Waals surface area contributed by atoms with Crippen LogP contribution < -0.4 is 13.5 Å². The van der Waals surface area contributed by atoms with Gasteiger partial charge in [0.2, 0.25) is 0 Å². The fourth-order valence-electron chi connectivity index (χ4n) is 3.96. The fourth-order valence-corrected chi connectivity index (χ4v) is 7.33. The summed E-state index contributed by atoms with van der Waals surface area (Å²) in [6, 6.07) is 20.0. The predicted octanol–water partition coefficient (Wildman–Crippen LogP) is 2.86. The minimum absolute atomic E-state index is 0.0855. The van der Waals surface area contributed by atoms with Crippen molar-refractivity contribution in [2.75, 3.05) is 38.5 Å². The molecule has 1 amide bonds. The molecule has 1 fully saturated rings. The molecule has 1 aliphatic heterocycles. The van der Waals surface area contributed by atoms with E-state index in [0.29, 0.717) is 5.56 Å². The van der Waals surface area contributed by atoms with E-state index in [1.807, 2.05) is 42.6 Å². The maximum atomic E-state index is 12.8. The molecule has 1 radical (unpaired) electrons. The summed E-state index contributed by atoms with van der Waals surface area (Å²) in [6.07, 6.45) is 3.61. The van der Waals surface area contributed by atoms with Gasteiger partial charge in [0.05, 0.1) is 0 Å². The molecule has 2 aromatic carbocycles. The van der Waals surface area contributed by atoms with E-state index >= 15 is 0 Å². The molecule has 1 aliphatic rings. The minimum Gasteiger partial charge on any atom is 0.0107 e. The van der Waals surface area contributed by atoms with E-state index in [4.69, 9.17) is 4.98 Å². The van der Waals surface area contributed by atoms with Crippen molar-refractivity contribution < 1.29 is 4.79 Å². The summed E-state index contributed by atoms with van der Waals surface area (Å²) in [6.45, 7) is 5.32. The average Bonchev–Trinajstić information content (AvgIpc) is 3.35. The first kappa shape index (κ1) is 23.9. The van der Waals surface area contributed by atoms with Crippen molar-refractivity contribution in [1.29, 1.82) is 0 Å². The summed E-state index contributed by atoms with van der Waals surface area (Å²) in [5, 5.41) is 5.14. The van der Waals surface area contributed by atoms with Crippen molar-refractivity contribution in [3.63, 3.8) is 0 Å². The van der Waals surface area contributed by atoms with E-state index in [0.717, 1.165) is 53.5 Å². The van der Waals surface area contributed by atoms with Crippen LogP contribution in [0.25, 0.3) is 11.3 Å². The van der Waals surface area contributed by atoms with Crippen molar-refractivity contribution in [3.05, 3.63) is 89.6 Å². The molecule has 1 N–H and O–H groups in total. The molecule has 0 atom stereocenters. The molecule has 5 rings (SSSR count). The number of thiazole rings is 1. The van der Waals surface area contributed by atoms with Crippen molar-refractivity contribution in [1.82, 2.24) is 19.8 Å². The second kappa shape index (κ2) is 11.3. The quantitative estimate of drug-likeness (QED) is 0.363. The van der Waals surface area contributed by atoms with Crippen molar-refractivity contribution >= 4 is 46.8 Å². The molecule has 6 nitrogen and oxygen atoms in total. The molecule has 8 heteroatoms. The van der Waals surface area contributed by atoms with Gasteiger partial charge in [-0.2, -0.15) is 0 Å². The van der Waals surface area contributed by atoms with Gasteiger partial charge in [0.25, 0.3) is 0 Å². The Bertz CT molecular complexity index is 1270. The maximum absolute atomic E-state index is 12.8. The molecule has 0 bridgehead atoms. The smallest absolute Gasteiger partial charge is 0.0107 e. The number of benzene rings is 2. The molecule has 0 aliphatic carbocycles. The Labute approximate surface area is 216 Å². The first-order valence-electron chi connectivity index (χ1n) is 11.6. The number of carbonyl (C=O) groups is 1. The third-order valence-electron chi connectivity index (χ3n) is 6.00. The van der Waals surface area contributed by atoms with E-state index in [1.54, 1.807) is 17.5 Å². The van der Waals surface area contributed by atoms with Crippen LogP contribution >= 0.6 is 11.3 Å². The molecule has 1 saturated heterocycles. The molecule has 177 valence electrons. The number of piperazine rings is 1. The van der Waals surface area contributed by atoms with Crippen LogP contribution in [0, 0.1) is 0 Å². The molecule has 2 aromatic heterocycles. The number of carbonyl (C=O) groups excluding carboxylic acids is 1. The van der Waals surface area contributed by atoms with Gasteiger partial charge in [-0.1, -0.05) is 0 Å². The monoisotopic (exact) mass is 544 g/mol. The zero-order valence-corrected chi connectivity index (χ0v) is 22.3. The SMILES string of the molecule is CN1CCN(Cc2ccc(C(=O)Nc3cccc([As]c4nc(-c5cccnc5)cs4)c3)cc2)CC1. The molecule has 35 heavy (non-hydrogen) atoms. The molecule has 3 heterocycles. The summed E-state index contributed by atoms with van der Waals surface area (Å²) in [4.78, 5) is 26.6. The van der Waals surface area contributed by atoms with Gasteiger partial charge < -0.3 is 4.90 Å². The van der Waals surface area contributed by atoms with Crippen LogP contribution in [0.4, 0.5) is 5.69 Å². The Morgan fingerprint density at radius 3 is 2.66 bits per heavy atom. The second-order valence-electron chi connectivity index (χ2n) is 8.65. The average molecular weight is 545 g/mol. The van der Waals surface area contributed by atoms with Gasteiger partial charge in [0, 0.05) is 13.1 Å². The standard InChI is InChI=1S/C27H27AsN5OS/c1-32-12-14-33(15-13-32)18-20-7-9-21(10-8-20)26(34)30-24-6-2-5-23(16-24)28-27-31-25(19-35-27)22-4-3-11-29-17-22/h2-11,16-17,19H,12-15,18H2,1H3,(H,30,34). The number of nitrogens with one attached hydrogen (secondary N) is 1. The third-order valence-corrected chi connectivity index (χ3v) is 9.51. The number of anilines is 1. The zero-order valence-electron chi connectivity index (χ0n) is 19.6. The van der Waals surface area contributed by atoms with Crippen LogP contribution in [0.5, 0.6) is 0 Å². The van der Waals surface area contributed by atoms with Gasteiger partial charge in [-0.05, 0) is 7.05 Å². The first-order chi connectivity index (χ1) is 17.1. The van der Waals surface area contributed by atoms with Crippen LogP contribution in [0.15, 0.2) is 78.4 Å². The van der Waals surface area contributed by atoms with Crippen LogP contribution in [0.3, 0.4) is 0 Å². The molecule has 0 saturated carbocycles. The number of rotatable bonds is 7. The molecular weight excluding hydrogens is 517 g/mol. The molecule has 0 spiro atoms. The Balaban J connectivity index is 1.18. The predicted molar refractivity (Wildman–Crippen MR) is 144 cm³/mol. The van der Waals surface area contributed by atoms with Crippen LogP contribution in [0.1, 0.15) is 15.9 Å². The molecule has 4 aromatic rings. The van der Waals surface area contributed by atoms with E-state index in [9.17, 15) is 4.79 Å². The van der Waals surface area contributed by atoms with Crippen molar-refractivity contribution in [3.8, 4) is 11.3 Å². The van der Waals surface area contributed by atoms with Crippen molar-refractivity contribution in [2.45, 2.75) is 6.54 Å². The second-order valence-corrected chi connectivity index (χ2v) is 12.6. The van der Waals surface area contributed by atoms with Crippen LogP contribution in [0.2, 0.25) is 0 Å².